The fraction of sp³-hybridized carbons (Fsp3) is 0.647. The number of hydrogen-bond donors (Lipinski definition) is 1. The topological polar surface area (TPSA) is 47.7 Å². The second-order valence-electron chi connectivity index (χ2n) is 6.31. The van der Waals surface area contributed by atoms with Gasteiger partial charge in [0, 0.05) is 19.0 Å². The SMILES string of the molecule is CC(C)CCN(C)CC(N)c1ccc2c(c1)OCCCO2. The molecular weight excluding hydrogens is 264 g/mol. The van der Waals surface area contributed by atoms with E-state index >= 15 is 0 Å². The van der Waals surface area contributed by atoms with E-state index in [0.29, 0.717) is 6.61 Å². The summed E-state index contributed by atoms with van der Waals surface area (Å²) in [6, 6.07) is 6.05. The van der Waals surface area contributed by atoms with Crippen molar-refractivity contribution in [2.75, 3.05) is 33.4 Å². The van der Waals surface area contributed by atoms with Crippen molar-refractivity contribution in [3.05, 3.63) is 23.8 Å². The van der Waals surface area contributed by atoms with Gasteiger partial charge in [0.2, 0.25) is 0 Å². The van der Waals surface area contributed by atoms with E-state index in [-0.39, 0.29) is 6.04 Å². The Morgan fingerprint density at radius 2 is 1.90 bits per heavy atom. The predicted molar refractivity (Wildman–Crippen MR) is 85.9 cm³/mol. The first-order chi connectivity index (χ1) is 10.1. The highest BCUT2D eigenvalue weighted by atomic mass is 16.5. The summed E-state index contributed by atoms with van der Waals surface area (Å²) in [6.07, 6.45) is 2.12. The molecule has 0 saturated heterocycles. The standard InChI is InChI=1S/C17H28N2O2/c1-13(2)7-8-19(3)12-15(18)14-5-6-16-17(11-14)21-10-4-9-20-16/h5-6,11,13,15H,4,7-10,12,18H2,1-3H3. The molecule has 1 heterocycles. The first kappa shape index (κ1) is 16.1. The summed E-state index contributed by atoms with van der Waals surface area (Å²) < 4.78 is 11.4. The molecule has 1 aliphatic rings. The largest absolute Gasteiger partial charge is 0.490 e. The van der Waals surface area contributed by atoms with E-state index in [4.69, 9.17) is 15.2 Å². The van der Waals surface area contributed by atoms with Crippen LogP contribution in [0.5, 0.6) is 11.5 Å². The molecule has 2 N–H and O–H groups in total. The smallest absolute Gasteiger partial charge is 0.161 e. The second kappa shape index (κ2) is 7.66. The average Bonchev–Trinajstić information content (AvgIpc) is 2.69. The highest BCUT2D eigenvalue weighted by Crippen LogP contribution is 2.32. The Kier molecular flexibility index (Phi) is 5.88. The molecule has 2 rings (SSSR count). The van der Waals surface area contributed by atoms with Gasteiger partial charge in [-0.2, -0.15) is 0 Å². The number of rotatable bonds is 6. The van der Waals surface area contributed by atoms with Crippen molar-refractivity contribution < 1.29 is 9.47 Å². The van der Waals surface area contributed by atoms with Gasteiger partial charge in [0.1, 0.15) is 0 Å². The summed E-state index contributed by atoms with van der Waals surface area (Å²) in [5.74, 6) is 2.38. The van der Waals surface area contributed by atoms with Gasteiger partial charge in [-0.1, -0.05) is 19.9 Å². The third-order valence-corrected chi connectivity index (χ3v) is 3.80. The Morgan fingerprint density at radius 1 is 1.19 bits per heavy atom. The minimum atomic E-state index is -0.000634. The molecule has 0 aliphatic carbocycles. The zero-order valence-corrected chi connectivity index (χ0v) is 13.5. The first-order valence-electron chi connectivity index (χ1n) is 7.90. The number of nitrogens with two attached hydrogens (primary N) is 1. The van der Waals surface area contributed by atoms with Gasteiger partial charge in [0.05, 0.1) is 13.2 Å². The molecule has 1 unspecified atom stereocenters. The first-order valence-corrected chi connectivity index (χ1v) is 7.90. The molecule has 4 heteroatoms. The van der Waals surface area contributed by atoms with Crippen LogP contribution in [0, 0.1) is 5.92 Å². The van der Waals surface area contributed by atoms with Gasteiger partial charge in [-0.15, -0.1) is 0 Å². The van der Waals surface area contributed by atoms with Crippen LogP contribution < -0.4 is 15.2 Å². The number of fused-ring (bicyclic) bond motifs is 1. The zero-order valence-electron chi connectivity index (χ0n) is 13.5. The Hall–Kier alpha value is -1.26. The molecule has 0 bridgehead atoms. The highest BCUT2D eigenvalue weighted by molar-refractivity contribution is 5.44. The second-order valence-corrected chi connectivity index (χ2v) is 6.31. The van der Waals surface area contributed by atoms with Crippen LogP contribution >= 0.6 is 0 Å². The maximum Gasteiger partial charge on any atom is 0.161 e. The number of ether oxygens (including phenoxy) is 2. The van der Waals surface area contributed by atoms with Gasteiger partial charge in [-0.3, -0.25) is 0 Å². The molecule has 0 aromatic heterocycles. The lowest BCUT2D eigenvalue weighted by Crippen LogP contribution is -2.30. The van der Waals surface area contributed by atoms with Gasteiger partial charge in [0.25, 0.3) is 0 Å². The Morgan fingerprint density at radius 3 is 2.62 bits per heavy atom. The quantitative estimate of drug-likeness (QED) is 0.876. The molecule has 0 spiro atoms. The van der Waals surface area contributed by atoms with Crippen LogP contribution in [0.25, 0.3) is 0 Å². The van der Waals surface area contributed by atoms with E-state index in [2.05, 4.69) is 31.9 Å². The van der Waals surface area contributed by atoms with Crippen molar-refractivity contribution >= 4 is 0 Å². The molecule has 0 fully saturated rings. The van der Waals surface area contributed by atoms with E-state index in [1.165, 1.54) is 6.42 Å². The lowest BCUT2D eigenvalue weighted by molar-refractivity contribution is 0.291. The van der Waals surface area contributed by atoms with E-state index in [9.17, 15) is 0 Å². The maximum absolute atomic E-state index is 6.34. The monoisotopic (exact) mass is 292 g/mol. The molecule has 0 amide bonds. The van der Waals surface area contributed by atoms with Crippen LogP contribution in [0.4, 0.5) is 0 Å². The van der Waals surface area contributed by atoms with E-state index in [1.807, 2.05) is 12.1 Å². The number of likely N-dealkylation sites (N-methyl/N-ethyl adjacent to an activating group) is 1. The van der Waals surface area contributed by atoms with Crippen molar-refractivity contribution in [2.24, 2.45) is 11.7 Å². The molecule has 21 heavy (non-hydrogen) atoms. The van der Waals surface area contributed by atoms with Crippen LogP contribution in [0.15, 0.2) is 18.2 Å². The van der Waals surface area contributed by atoms with E-state index < -0.39 is 0 Å². The summed E-state index contributed by atoms with van der Waals surface area (Å²) in [5, 5.41) is 0. The Bertz CT molecular complexity index is 448. The molecule has 1 aromatic rings. The van der Waals surface area contributed by atoms with Crippen molar-refractivity contribution in [3.63, 3.8) is 0 Å². The molecule has 4 nitrogen and oxygen atoms in total. The summed E-state index contributed by atoms with van der Waals surface area (Å²) in [4.78, 5) is 2.30. The van der Waals surface area contributed by atoms with E-state index in [0.717, 1.165) is 49.1 Å². The van der Waals surface area contributed by atoms with Crippen LogP contribution in [-0.2, 0) is 0 Å². The molecule has 1 atom stereocenters. The van der Waals surface area contributed by atoms with Gasteiger partial charge < -0.3 is 20.1 Å². The zero-order chi connectivity index (χ0) is 15.2. The minimum absolute atomic E-state index is 0.000634. The fourth-order valence-electron chi connectivity index (χ4n) is 2.42. The third kappa shape index (κ3) is 4.90. The van der Waals surface area contributed by atoms with E-state index in [1.54, 1.807) is 0 Å². The molecule has 1 aromatic carbocycles. The van der Waals surface area contributed by atoms with Crippen molar-refractivity contribution in [2.45, 2.75) is 32.7 Å². The summed E-state index contributed by atoms with van der Waals surface area (Å²) >= 11 is 0. The Balaban J connectivity index is 1.96. The molecule has 0 radical (unpaired) electrons. The number of nitrogens with zero attached hydrogens (tertiary/aromatic N) is 1. The summed E-state index contributed by atoms with van der Waals surface area (Å²) in [5.41, 5.74) is 7.44. The van der Waals surface area contributed by atoms with Gasteiger partial charge in [-0.05, 0) is 43.6 Å². The minimum Gasteiger partial charge on any atom is -0.490 e. The Labute approximate surface area is 128 Å². The molecular formula is C17H28N2O2. The molecule has 1 aliphatic heterocycles. The third-order valence-electron chi connectivity index (χ3n) is 3.80. The van der Waals surface area contributed by atoms with Gasteiger partial charge in [0.15, 0.2) is 11.5 Å². The highest BCUT2D eigenvalue weighted by Gasteiger charge is 2.15. The summed E-state index contributed by atoms with van der Waals surface area (Å²) in [6.45, 7) is 7.85. The molecule has 118 valence electrons. The van der Waals surface area contributed by atoms with Crippen LogP contribution in [-0.4, -0.2) is 38.3 Å². The normalized spacial score (nSPS) is 16.1. The van der Waals surface area contributed by atoms with Crippen LogP contribution in [0.1, 0.15) is 38.3 Å². The number of hydrogen-bond acceptors (Lipinski definition) is 4. The van der Waals surface area contributed by atoms with Crippen molar-refractivity contribution in [3.8, 4) is 11.5 Å². The molecule has 0 saturated carbocycles. The predicted octanol–water partition coefficient (Wildman–Crippen LogP) is 2.83. The summed E-state index contributed by atoms with van der Waals surface area (Å²) in [7, 11) is 2.13. The van der Waals surface area contributed by atoms with Crippen LogP contribution in [0.3, 0.4) is 0 Å². The van der Waals surface area contributed by atoms with Crippen LogP contribution in [0.2, 0.25) is 0 Å². The number of benzene rings is 1. The lowest BCUT2D eigenvalue weighted by atomic mass is 10.1. The maximum atomic E-state index is 6.34. The lowest BCUT2D eigenvalue weighted by Gasteiger charge is -2.22. The van der Waals surface area contributed by atoms with Gasteiger partial charge in [-0.25, -0.2) is 0 Å². The average molecular weight is 292 g/mol. The fourth-order valence-corrected chi connectivity index (χ4v) is 2.42. The van der Waals surface area contributed by atoms with Crippen molar-refractivity contribution in [1.29, 1.82) is 0 Å². The van der Waals surface area contributed by atoms with Gasteiger partial charge >= 0.3 is 0 Å². The van der Waals surface area contributed by atoms with Crippen molar-refractivity contribution in [1.82, 2.24) is 4.90 Å².